The van der Waals surface area contributed by atoms with E-state index in [4.69, 9.17) is 23.2 Å². The van der Waals surface area contributed by atoms with Crippen molar-refractivity contribution in [2.75, 3.05) is 11.5 Å². The molecule has 4 nitrogen and oxygen atoms in total. The Labute approximate surface area is 143 Å². The Morgan fingerprint density at radius 3 is 2.59 bits per heavy atom. The maximum atomic E-state index is 12.5. The van der Waals surface area contributed by atoms with Gasteiger partial charge in [0.1, 0.15) is 10.2 Å². The van der Waals surface area contributed by atoms with Crippen molar-refractivity contribution in [3.05, 3.63) is 40.8 Å². The van der Waals surface area contributed by atoms with Crippen LogP contribution in [0.15, 0.2) is 44.9 Å². The zero-order valence-electron chi connectivity index (χ0n) is 11.5. The van der Waals surface area contributed by atoms with Crippen molar-refractivity contribution in [2.45, 2.75) is 22.8 Å². The van der Waals surface area contributed by atoms with Crippen molar-refractivity contribution in [2.24, 2.45) is 4.36 Å². The van der Waals surface area contributed by atoms with Gasteiger partial charge in [-0.15, -0.1) is 0 Å². The minimum atomic E-state index is -2.14. The highest BCUT2D eigenvalue weighted by Crippen LogP contribution is 2.38. The monoisotopic (exact) mass is 373 g/mol. The fourth-order valence-corrected chi connectivity index (χ4v) is 5.56. The first kappa shape index (κ1) is 16.1. The first-order valence-electron chi connectivity index (χ1n) is 6.72. The first-order valence-corrected chi connectivity index (χ1v) is 10.1. The Morgan fingerprint density at radius 2 is 1.91 bits per heavy atom. The number of benzene rings is 1. The molecule has 0 radical (unpaired) electrons. The average molecular weight is 374 g/mol. The summed E-state index contributed by atoms with van der Waals surface area (Å²) in [5.74, 6) is 1.31. The molecule has 3 rings (SSSR count). The van der Waals surface area contributed by atoms with E-state index in [1.165, 1.54) is 18.0 Å². The summed E-state index contributed by atoms with van der Waals surface area (Å²) in [6.07, 6.45) is 5.01. The van der Waals surface area contributed by atoms with Gasteiger partial charge in [-0.2, -0.15) is 4.36 Å². The Balaban J connectivity index is 1.92. The fourth-order valence-electron chi connectivity index (χ4n) is 2.14. The summed E-state index contributed by atoms with van der Waals surface area (Å²) >= 11 is 13.5. The lowest BCUT2D eigenvalue weighted by molar-refractivity contribution is 0.681. The third kappa shape index (κ3) is 3.74. The molecule has 0 bridgehead atoms. The summed E-state index contributed by atoms with van der Waals surface area (Å²) in [6.45, 7) is 0. The Hall–Kier alpha value is -0.820. The standard InChI is InChI=1S/C14H13Cl2N3OS2/c15-12-8-18-13(9-17-12)21-11-5-3-4-10(14(11)16)19-22(20)6-1-2-7-22/h3-5,8-9H,1-2,6-7H2. The smallest absolute Gasteiger partial charge is 0.147 e. The molecule has 1 aliphatic rings. The van der Waals surface area contributed by atoms with Crippen LogP contribution in [0.5, 0.6) is 0 Å². The number of hydrogen-bond acceptors (Lipinski definition) is 5. The summed E-state index contributed by atoms with van der Waals surface area (Å²) in [5, 5.41) is 1.53. The zero-order chi connectivity index (χ0) is 15.6. The number of halogens is 2. The lowest BCUT2D eigenvalue weighted by Crippen LogP contribution is -1.99. The molecule has 2 aromatic rings. The molecule has 0 amide bonds. The topological polar surface area (TPSA) is 55.2 Å². The maximum Gasteiger partial charge on any atom is 0.147 e. The molecule has 0 N–H and O–H groups in total. The highest BCUT2D eigenvalue weighted by molar-refractivity contribution is 7.99. The SMILES string of the molecule is O=S1(=Nc2cccc(Sc3cnc(Cl)cn3)c2Cl)CCCC1. The van der Waals surface area contributed by atoms with E-state index in [1.54, 1.807) is 12.3 Å². The molecule has 0 atom stereocenters. The van der Waals surface area contributed by atoms with Gasteiger partial charge in [0.15, 0.2) is 0 Å². The van der Waals surface area contributed by atoms with Crippen LogP contribution in [0.3, 0.4) is 0 Å². The van der Waals surface area contributed by atoms with Crippen molar-refractivity contribution in [1.29, 1.82) is 0 Å². The lowest BCUT2D eigenvalue weighted by atomic mass is 10.3. The Morgan fingerprint density at radius 1 is 1.14 bits per heavy atom. The van der Waals surface area contributed by atoms with Crippen LogP contribution in [0.2, 0.25) is 10.2 Å². The minimum Gasteiger partial charge on any atom is -0.249 e. The van der Waals surface area contributed by atoms with Crippen molar-refractivity contribution < 1.29 is 4.21 Å². The van der Waals surface area contributed by atoms with Gasteiger partial charge in [0, 0.05) is 16.4 Å². The van der Waals surface area contributed by atoms with Crippen molar-refractivity contribution in [1.82, 2.24) is 9.97 Å². The van der Waals surface area contributed by atoms with Gasteiger partial charge in [0.25, 0.3) is 0 Å². The molecule has 1 saturated heterocycles. The molecule has 1 aliphatic heterocycles. The van der Waals surface area contributed by atoms with E-state index in [0.29, 0.717) is 32.4 Å². The van der Waals surface area contributed by atoms with Gasteiger partial charge in [-0.25, -0.2) is 14.2 Å². The summed E-state index contributed by atoms with van der Waals surface area (Å²) < 4.78 is 17.0. The summed E-state index contributed by atoms with van der Waals surface area (Å²) in [6, 6.07) is 5.53. The number of hydrogen-bond donors (Lipinski definition) is 0. The second-order valence-corrected chi connectivity index (χ2v) is 9.22. The van der Waals surface area contributed by atoms with E-state index in [-0.39, 0.29) is 0 Å². The van der Waals surface area contributed by atoms with Crippen LogP contribution in [-0.2, 0) is 9.73 Å². The summed E-state index contributed by atoms with van der Waals surface area (Å²) in [7, 11) is -2.14. The highest BCUT2D eigenvalue weighted by Gasteiger charge is 2.18. The molecule has 8 heteroatoms. The molecule has 1 aromatic heterocycles. The third-order valence-electron chi connectivity index (χ3n) is 3.20. The minimum absolute atomic E-state index is 0.345. The fraction of sp³-hybridized carbons (Fsp3) is 0.286. The highest BCUT2D eigenvalue weighted by atomic mass is 35.5. The lowest BCUT2D eigenvalue weighted by Gasteiger charge is -2.07. The first-order chi connectivity index (χ1) is 10.6. The van der Waals surface area contributed by atoms with Crippen LogP contribution in [0, 0.1) is 0 Å². The molecule has 22 heavy (non-hydrogen) atoms. The second kappa shape index (κ2) is 6.74. The van der Waals surface area contributed by atoms with Crippen LogP contribution < -0.4 is 0 Å². The van der Waals surface area contributed by atoms with E-state index in [2.05, 4.69) is 14.3 Å². The third-order valence-corrected chi connectivity index (χ3v) is 7.26. The van der Waals surface area contributed by atoms with Gasteiger partial charge in [-0.1, -0.05) is 41.0 Å². The van der Waals surface area contributed by atoms with E-state index < -0.39 is 9.73 Å². The van der Waals surface area contributed by atoms with E-state index in [0.717, 1.165) is 17.7 Å². The molecule has 1 aromatic carbocycles. The van der Waals surface area contributed by atoms with E-state index in [1.807, 2.05) is 12.1 Å². The van der Waals surface area contributed by atoms with Gasteiger partial charge in [0.2, 0.25) is 0 Å². The van der Waals surface area contributed by atoms with Crippen LogP contribution in [-0.4, -0.2) is 25.7 Å². The van der Waals surface area contributed by atoms with Crippen LogP contribution in [0.1, 0.15) is 12.8 Å². The maximum absolute atomic E-state index is 12.5. The quantitative estimate of drug-likeness (QED) is 0.772. The molecular formula is C14H13Cl2N3OS2. The van der Waals surface area contributed by atoms with Gasteiger partial charge in [-0.05, 0) is 25.0 Å². The summed E-state index contributed by atoms with van der Waals surface area (Å²) in [4.78, 5) is 8.98. The zero-order valence-corrected chi connectivity index (χ0v) is 14.7. The molecule has 0 unspecified atom stereocenters. The Kier molecular flexibility index (Phi) is 4.92. The van der Waals surface area contributed by atoms with Gasteiger partial charge in [-0.3, -0.25) is 0 Å². The number of rotatable bonds is 3. The van der Waals surface area contributed by atoms with Gasteiger partial charge >= 0.3 is 0 Å². The number of aromatic nitrogens is 2. The second-order valence-electron chi connectivity index (χ2n) is 4.85. The Bertz CT molecular complexity index is 790. The molecule has 0 aliphatic carbocycles. The molecule has 0 spiro atoms. The normalized spacial score (nSPS) is 16.6. The van der Waals surface area contributed by atoms with Crippen molar-refractivity contribution in [3.8, 4) is 0 Å². The van der Waals surface area contributed by atoms with Crippen LogP contribution in [0.25, 0.3) is 0 Å². The predicted octanol–water partition coefficient (Wildman–Crippen LogP) is 4.83. The summed E-state index contributed by atoms with van der Waals surface area (Å²) in [5.41, 5.74) is 0.584. The molecule has 2 heterocycles. The molecular weight excluding hydrogens is 361 g/mol. The predicted molar refractivity (Wildman–Crippen MR) is 91.8 cm³/mol. The van der Waals surface area contributed by atoms with Crippen LogP contribution >= 0.6 is 35.0 Å². The largest absolute Gasteiger partial charge is 0.249 e. The van der Waals surface area contributed by atoms with Crippen molar-refractivity contribution in [3.63, 3.8) is 0 Å². The number of nitrogens with zero attached hydrogens (tertiary/aromatic N) is 3. The average Bonchev–Trinajstić information content (AvgIpc) is 2.92. The van der Waals surface area contributed by atoms with E-state index >= 15 is 0 Å². The van der Waals surface area contributed by atoms with Gasteiger partial charge < -0.3 is 0 Å². The van der Waals surface area contributed by atoms with Crippen LogP contribution in [0.4, 0.5) is 5.69 Å². The van der Waals surface area contributed by atoms with Gasteiger partial charge in [0.05, 0.1) is 32.8 Å². The molecule has 116 valence electrons. The van der Waals surface area contributed by atoms with E-state index in [9.17, 15) is 4.21 Å². The molecule has 1 fully saturated rings. The molecule has 0 saturated carbocycles. The van der Waals surface area contributed by atoms with Crippen molar-refractivity contribution >= 4 is 50.4 Å².